The van der Waals surface area contributed by atoms with E-state index in [0.29, 0.717) is 11.9 Å². The Morgan fingerprint density at radius 1 is 0.824 bits per heavy atom. The number of guanidine groups is 2. The van der Waals surface area contributed by atoms with Gasteiger partial charge >= 0.3 is 0 Å². The summed E-state index contributed by atoms with van der Waals surface area (Å²) >= 11 is 0. The average molecular weight is 241 g/mol. The van der Waals surface area contributed by atoms with Crippen LogP contribution in [0.2, 0.25) is 0 Å². The molecule has 0 heterocycles. The van der Waals surface area contributed by atoms with Crippen molar-refractivity contribution in [2.45, 2.75) is 40.5 Å². The lowest BCUT2D eigenvalue weighted by Crippen LogP contribution is -2.49. The van der Waals surface area contributed by atoms with Gasteiger partial charge in [0.2, 0.25) is 0 Å². The first kappa shape index (κ1) is 15.7. The summed E-state index contributed by atoms with van der Waals surface area (Å²) in [4.78, 5) is 3.88. The summed E-state index contributed by atoms with van der Waals surface area (Å²) in [5.74, 6) is 0.655. The minimum atomic E-state index is 0.317. The molecule has 0 radical (unpaired) electrons. The quantitative estimate of drug-likeness (QED) is 0.491. The van der Waals surface area contributed by atoms with Crippen LogP contribution < -0.4 is 5.32 Å². The molecule has 0 aromatic rings. The molecular weight excluding hydrogens is 214 g/mol. The third kappa shape index (κ3) is 5.56. The van der Waals surface area contributed by atoms with E-state index in [9.17, 15) is 0 Å². The van der Waals surface area contributed by atoms with E-state index in [0.717, 1.165) is 39.0 Å². The van der Waals surface area contributed by atoms with Crippen LogP contribution in [-0.4, -0.2) is 47.9 Å². The van der Waals surface area contributed by atoms with Crippen molar-refractivity contribution >= 4 is 11.9 Å². The van der Waals surface area contributed by atoms with Gasteiger partial charge in [0.15, 0.2) is 11.9 Å². The normalized spacial score (nSPS) is 9.88. The van der Waals surface area contributed by atoms with Gasteiger partial charge in [-0.3, -0.25) is 16.1 Å². The lowest BCUT2D eigenvalue weighted by molar-refractivity contribution is 0.397. The Balaban J connectivity index is 4.33. The fraction of sp³-hybridized carbons (Fsp3) is 0.833. The van der Waals surface area contributed by atoms with Crippen molar-refractivity contribution < 1.29 is 0 Å². The Bertz CT molecular complexity index is 229. The van der Waals surface area contributed by atoms with Gasteiger partial charge in [0, 0.05) is 26.2 Å². The standard InChI is InChI=1S/C12H27N5/c1-5-9-17(10-6-2)12(14)15-11(13)16(7-3)8-4/h5-10H2,1-4H3,(H3,13,14,15). The zero-order valence-electron chi connectivity index (χ0n) is 11.6. The summed E-state index contributed by atoms with van der Waals surface area (Å²) in [6.45, 7) is 11.5. The third-order valence-electron chi connectivity index (χ3n) is 2.62. The SMILES string of the molecule is CCCN(CCC)C(=N)NC(=N)N(CC)CC. The van der Waals surface area contributed by atoms with Crippen LogP contribution in [0, 0.1) is 10.8 Å². The molecule has 5 heteroatoms. The second-order valence-corrected chi connectivity index (χ2v) is 3.98. The molecule has 0 aromatic heterocycles. The van der Waals surface area contributed by atoms with Gasteiger partial charge in [-0.25, -0.2) is 0 Å². The molecule has 0 fully saturated rings. The first-order valence-corrected chi connectivity index (χ1v) is 6.54. The zero-order chi connectivity index (χ0) is 13.3. The van der Waals surface area contributed by atoms with E-state index in [-0.39, 0.29) is 0 Å². The minimum Gasteiger partial charge on any atom is -0.343 e. The van der Waals surface area contributed by atoms with E-state index in [1.807, 2.05) is 23.6 Å². The van der Waals surface area contributed by atoms with Crippen LogP contribution in [0.3, 0.4) is 0 Å². The maximum Gasteiger partial charge on any atom is 0.197 e. The number of rotatable bonds is 6. The van der Waals surface area contributed by atoms with Gasteiger partial charge in [-0.2, -0.15) is 0 Å². The largest absolute Gasteiger partial charge is 0.343 e. The highest BCUT2D eigenvalue weighted by atomic mass is 15.4. The average Bonchev–Trinajstić information content (AvgIpc) is 2.30. The van der Waals surface area contributed by atoms with E-state index in [2.05, 4.69) is 19.2 Å². The second kappa shape index (κ2) is 8.84. The van der Waals surface area contributed by atoms with Crippen molar-refractivity contribution in [2.24, 2.45) is 0 Å². The highest BCUT2D eigenvalue weighted by Gasteiger charge is 2.12. The Kier molecular flexibility index (Phi) is 8.19. The second-order valence-electron chi connectivity index (χ2n) is 3.98. The smallest absolute Gasteiger partial charge is 0.197 e. The van der Waals surface area contributed by atoms with E-state index >= 15 is 0 Å². The van der Waals surface area contributed by atoms with Crippen LogP contribution in [0.25, 0.3) is 0 Å². The highest BCUT2D eigenvalue weighted by Crippen LogP contribution is 1.95. The van der Waals surface area contributed by atoms with Crippen molar-refractivity contribution in [3.05, 3.63) is 0 Å². The minimum absolute atomic E-state index is 0.317. The van der Waals surface area contributed by atoms with Crippen LogP contribution in [0.15, 0.2) is 0 Å². The number of nitrogens with zero attached hydrogens (tertiary/aromatic N) is 2. The summed E-state index contributed by atoms with van der Waals surface area (Å²) in [5, 5.41) is 18.7. The van der Waals surface area contributed by atoms with Gasteiger partial charge in [-0.05, 0) is 26.7 Å². The molecule has 17 heavy (non-hydrogen) atoms. The highest BCUT2D eigenvalue weighted by molar-refractivity contribution is 5.95. The van der Waals surface area contributed by atoms with Crippen LogP contribution >= 0.6 is 0 Å². The van der Waals surface area contributed by atoms with E-state index in [1.165, 1.54) is 0 Å². The van der Waals surface area contributed by atoms with Crippen molar-refractivity contribution in [3.8, 4) is 0 Å². The predicted molar refractivity (Wildman–Crippen MR) is 73.7 cm³/mol. The molecule has 0 aliphatic carbocycles. The van der Waals surface area contributed by atoms with Gasteiger partial charge in [-0.1, -0.05) is 13.8 Å². The first-order chi connectivity index (χ1) is 8.10. The molecule has 0 bridgehead atoms. The monoisotopic (exact) mass is 241 g/mol. The van der Waals surface area contributed by atoms with Crippen molar-refractivity contribution in [3.63, 3.8) is 0 Å². The Morgan fingerprint density at radius 3 is 1.59 bits per heavy atom. The number of nitrogens with one attached hydrogen (secondary N) is 3. The fourth-order valence-electron chi connectivity index (χ4n) is 1.69. The molecule has 0 amide bonds. The molecule has 0 aliphatic heterocycles. The molecule has 0 atom stereocenters. The topological polar surface area (TPSA) is 66.2 Å². The number of hydrogen-bond donors (Lipinski definition) is 3. The summed E-state index contributed by atoms with van der Waals surface area (Å²) in [6.07, 6.45) is 2.03. The van der Waals surface area contributed by atoms with Gasteiger partial charge in [0.05, 0.1) is 0 Å². The molecule has 0 aromatic carbocycles. The molecule has 0 unspecified atom stereocenters. The van der Waals surface area contributed by atoms with Gasteiger partial charge in [0.25, 0.3) is 0 Å². The molecule has 100 valence electrons. The van der Waals surface area contributed by atoms with Gasteiger partial charge in [-0.15, -0.1) is 0 Å². The fourth-order valence-corrected chi connectivity index (χ4v) is 1.69. The maximum absolute atomic E-state index is 7.97. The Labute approximate surface area is 105 Å². The lowest BCUT2D eigenvalue weighted by Gasteiger charge is -2.28. The van der Waals surface area contributed by atoms with Crippen molar-refractivity contribution in [1.29, 1.82) is 10.8 Å². The van der Waals surface area contributed by atoms with E-state index in [4.69, 9.17) is 10.8 Å². The molecule has 0 saturated carbocycles. The third-order valence-corrected chi connectivity index (χ3v) is 2.62. The predicted octanol–water partition coefficient (Wildman–Crippen LogP) is 1.91. The summed E-state index contributed by atoms with van der Waals surface area (Å²) in [6, 6.07) is 0. The van der Waals surface area contributed by atoms with Crippen LogP contribution in [0.4, 0.5) is 0 Å². The van der Waals surface area contributed by atoms with Crippen LogP contribution in [-0.2, 0) is 0 Å². The first-order valence-electron chi connectivity index (χ1n) is 6.54. The maximum atomic E-state index is 7.97. The molecule has 0 saturated heterocycles. The number of hydrogen-bond acceptors (Lipinski definition) is 2. The molecular formula is C12H27N5. The Morgan fingerprint density at radius 2 is 1.24 bits per heavy atom. The van der Waals surface area contributed by atoms with Gasteiger partial charge in [0.1, 0.15) is 0 Å². The van der Waals surface area contributed by atoms with Crippen molar-refractivity contribution in [2.75, 3.05) is 26.2 Å². The lowest BCUT2D eigenvalue weighted by atomic mass is 10.4. The molecule has 0 rings (SSSR count). The van der Waals surface area contributed by atoms with Crippen molar-refractivity contribution in [1.82, 2.24) is 15.1 Å². The Hall–Kier alpha value is -1.26. The molecule has 0 spiro atoms. The summed E-state index contributed by atoms with van der Waals surface area (Å²) in [5.41, 5.74) is 0. The van der Waals surface area contributed by atoms with Gasteiger partial charge < -0.3 is 9.80 Å². The summed E-state index contributed by atoms with van der Waals surface area (Å²) < 4.78 is 0. The molecule has 0 aliphatic rings. The zero-order valence-corrected chi connectivity index (χ0v) is 11.6. The van der Waals surface area contributed by atoms with Crippen LogP contribution in [0.5, 0.6) is 0 Å². The summed E-state index contributed by atoms with van der Waals surface area (Å²) in [7, 11) is 0. The molecule has 3 N–H and O–H groups in total. The van der Waals surface area contributed by atoms with Crippen LogP contribution in [0.1, 0.15) is 40.5 Å². The molecule has 5 nitrogen and oxygen atoms in total. The van der Waals surface area contributed by atoms with E-state index < -0.39 is 0 Å². The van der Waals surface area contributed by atoms with E-state index in [1.54, 1.807) is 0 Å².